The van der Waals surface area contributed by atoms with Gasteiger partial charge in [-0.3, -0.25) is 9.59 Å². The molecule has 0 radical (unpaired) electrons. The fraction of sp³-hybridized carbons (Fsp3) is 0.867. The van der Waals surface area contributed by atoms with Crippen molar-refractivity contribution in [3.05, 3.63) is 11.6 Å². The van der Waals surface area contributed by atoms with Crippen LogP contribution in [0.15, 0.2) is 11.6 Å². The van der Waals surface area contributed by atoms with Gasteiger partial charge in [-0.2, -0.15) is 0 Å². The van der Waals surface area contributed by atoms with E-state index in [2.05, 4.69) is 54.5 Å². The molecule has 5 aliphatic rings. The molecule has 5 rings (SSSR count). The summed E-state index contributed by atoms with van der Waals surface area (Å²) in [5, 5.41) is 33.0. The average Bonchev–Trinajstić information content (AvgIpc) is 2.75. The monoisotopic (exact) mass is 486 g/mol. The van der Waals surface area contributed by atoms with Crippen LogP contribution in [-0.2, 0) is 9.59 Å². The number of rotatable bonds is 1. The van der Waals surface area contributed by atoms with E-state index in [0.29, 0.717) is 19.3 Å². The minimum Gasteiger partial charge on any atom is -0.481 e. The third-order valence-electron chi connectivity index (χ3n) is 13.0. The van der Waals surface area contributed by atoms with Crippen molar-refractivity contribution < 1.29 is 24.9 Å². The Morgan fingerprint density at radius 2 is 1.54 bits per heavy atom. The average molecular weight is 487 g/mol. The number of ketones is 1. The summed E-state index contributed by atoms with van der Waals surface area (Å²) >= 11 is 0. The van der Waals surface area contributed by atoms with Gasteiger partial charge in [-0.15, -0.1) is 0 Å². The Balaban J connectivity index is 1.64. The smallest absolute Gasteiger partial charge is 0.310 e. The molecular formula is C30H46O5. The van der Waals surface area contributed by atoms with E-state index in [4.69, 9.17) is 0 Å². The number of carboxylic acid groups (broad SMARTS) is 1. The van der Waals surface area contributed by atoms with E-state index in [1.807, 2.05) is 0 Å². The van der Waals surface area contributed by atoms with Gasteiger partial charge in [0.15, 0.2) is 5.78 Å². The Morgan fingerprint density at radius 1 is 0.914 bits per heavy atom. The van der Waals surface area contributed by atoms with Crippen LogP contribution in [-0.4, -0.2) is 39.3 Å². The van der Waals surface area contributed by atoms with Crippen molar-refractivity contribution >= 4 is 11.8 Å². The lowest BCUT2D eigenvalue weighted by Gasteiger charge is -2.71. The number of hydrogen-bond donors (Lipinski definition) is 3. The summed E-state index contributed by atoms with van der Waals surface area (Å²) in [5.74, 6) is -0.603. The lowest BCUT2D eigenvalue weighted by atomic mass is 9.33. The van der Waals surface area contributed by atoms with Crippen LogP contribution >= 0.6 is 0 Å². The summed E-state index contributed by atoms with van der Waals surface area (Å²) in [6.07, 6.45) is 6.65. The van der Waals surface area contributed by atoms with Gasteiger partial charge >= 0.3 is 5.97 Å². The van der Waals surface area contributed by atoms with Gasteiger partial charge in [0, 0.05) is 17.8 Å². The molecule has 0 amide bonds. The number of fused-ring (bicyclic) bond motifs is 7. The molecule has 0 heterocycles. The third kappa shape index (κ3) is 2.89. The van der Waals surface area contributed by atoms with Gasteiger partial charge in [0.25, 0.3) is 0 Å². The molecular weight excluding hydrogens is 440 g/mol. The maximum atomic E-state index is 13.1. The first-order valence-corrected chi connectivity index (χ1v) is 13.8. The van der Waals surface area contributed by atoms with Gasteiger partial charge in [0.1, 0.15) is 6.10 Å². The summed E-state index contributed by atoms with van der Waals surface area (Å²) in [6, 6.07) is 0. The maximum absolute atomic E-state index is 13.1. The number of hydrogen-bond acceptors (Lipinski definition) is 4. The quantitative estimate of drug-likeness (QED) is 0.432. The lowest BCUT2D eigenvalue weighted by molar-refractivity contribution is -0.210. The number of Topliss-reactive ketones (excluding diaryl/α,β-unsaturated/α-hetero) is 1. The largest absolute Gasteiger partial charge is 0.481 e. The second-order valence-electron chi connectivity index (χ2n) is 15.0. The molecule has 0 saturated heterocycles. The van der Waals surface area contributed by atoms with Crippen molar-refractivity contribution in [2.75, 3.05) is 0 Å². The number of carbonyl (C=O) groups is 2. The highest BCUT2D eigenvalue weighted by Gasteiger charge is 2.71. The van der Waals surface area contributed by atoms with E-state index in [1.54, 1.807) is 0 Å². The highest BCUT2D eigenvalue weighted by Crippen LogP contribution is 2.75. The van der Waals surface area contributed by atoms with Gasteiger partial charge in [0.05, 0.1) is 11.5 Å². The van der Waals surface area contributed by atoms with Crippen molar-refractivity contribution in [1.29, 1.82) is 0 Å². The standard InChI is InChI=1S/C30H46O5/c1-25(2)12-14-30(24(34)35)15-13-28(6)17(21(30)23(25)33)8-9-20-27(5)16-18(31)22(32)26(3,4)19(27)10-11-29(20,28)7/h8,19-23,32-33H,9-16H2,1-7H3,(H,34,35)/t19-,20+,21+,22-,23-,27-,28+,29+,30-/m0/s1. The SMILES string of the molecule is CC1(C)CC[C@]2(C(=O)O)CC[C@]3(C)C(=CC[C@@H]4[C@@]5(C)CC(=O)[C@H](O)C(C)(C)[C@@H]5CC[C@]43C)[C@@H]2[C@@H]1O. The first kappa shape index (κ1) is 25.4. The van der Waals surface area contributed by atoms with E-state index in [1.165, 1.54) is 5.57 Å². The highest BCUT2D eigenvalue weighted by molar-refractivity contribution is 5.85. The molecule has 4 saturated carbocycles. The number of allylic oxidation sites excluding steroid dienone is 1. The molecule has 0 aromatic rings. The second kappa shape index (κ2) is 7.22. The molecule has 4 fully saturated rings. The number of aliphatic hydroxyl groups excluding tert-OH is 2. The van der Waals surface area contributed by atoms with Crippen LogP contribution in [0.25, 0.3) is 0 Å². The zero-order chi connectivity index (χ0) is 26.0. The van der Waals surface area contributed by atoms with Crippen LogP contribution in [0, 0.1) is 50.2 Å². The molecule has 0 spiro atoms. The zero-order valence-electron chi connectivity index (χ0n) is 22.8. The van der Waals surface area contributed by atoms with Crippen LogP contribution in [0.1, 0.15) is 99.8 Å². The normalized spacial score (nSPS) is 52.3. The van der Waals surface area contributed by atoms with Crippen molar-refractivity contribution in [2.24, 2.45) is 50.2 Å². The first-order valence-electron chi connectivity index (χ1n) is 13.8. The van der Waals surface area contributed by atoms with E-state index in [9.17, 15) is 24.9 Å². The predicted molar refractivity (Wildman–Crippen MR) is 134 cm³/mol. The fourth-order valence-corrected chi connectivity index (χ4v) is 10.5. The fourth-order valence-electron chi connectivity index (χ4n) is 10.5. The molecule has 3 N–H and O–H groups in total. The first-order chi connectivity index (χ1) is 16.0. The van der Waals surface area contributed by atoms with Crippen molar-refractivity contribution in [3.8, 4) is 0 Å². The lowest BCUT2D eigenvalue weighted by Crippen LogP contribution is -2.67. The van der Waals surface area contributed by atoms with Crippen LogP contribution in [0.5, 0.6) is 0 Å². The minimum atomic E-state index is -0.902. The Labute approximate surface area is 210 Å². The summed E-state index contributed by atoms with van der Waals surface area (Å²) in [7, 11) is 0. The molecule has 0 aliphatic heterocycles. The van der Waals surface area contributed by atoms with E-state index in [0.717, 1.165) is 32.1 Å². The third-order valence-corrected chi connectivity index (χ3v) is 13.0. The molecule has 0 bridgehead atoms. The van der Waals surface area contributed by atoms with Crippen molar-refractivity contribution in [3.63, 3.8) is 0 Å². The molecule has 0 aromatic carbocycles. The van der Waals surface area contributed by atoms with E-state index >= 15 is 0 Å². The molecule has 9 atom stereocenters. The van der Waals surface area contributed by atoms with Gasteiger partial charge in [-0.1, -0.05) is 60.1 Å². The van der Waals surface area contributed by atoms with Crippen LogP contribution in [0.4, 0.5) is 0 Å². The van der Waals surface area contributed by atoms with Gasteiger partial charge in [-0.05, 0) is 78.4 Å². The van der Waals surface area contributed by atoms with Gasteiger partial charge in [-0.25, -0.2) is 0 Å². The van der Waals surface area contributed by atoms with Gasteiger partial charge < -0.3 is 15.3 Å². The second-order valence-corrected chi connectivity index (χ2v) is 15.0. The Kier molecular flexibility index (Phi) is 5.25. The molecule has 5 nitrogen and oxygen atoms in total. The molecule has 5 aliphatic carbocycles. The van der Waals surface area contributed by atoms with E-state index in [-0.39, 0.29) is 45.2 Å². The summed E-state index contributed by atoms with van der Waals surface area (Å²) in [5.41, 5.74) is -1.00. The molecule has 0 aromatic heterocycles. The Hall–Kier alpha value is -1.20. The Bertz CT molecular complexity index is 995. The van der Waals surface area contributed by atoms with Crippen LogP contribution < -0.4 is 0 Å². The number of carbonyl (C=O) groups excluding carboxylic acids is 1. The van der Waals surface area contributed by atoms with Crippen LogP contribution in [0.3, 0.4) is 0 Å². The minimum absolute atomic E-state index is 0.0316. The van der Waals surface area contributed by atoms with Crippen molar-refractivity contribution in [2.45, 2.75) is 112 Å². The summed E-state index contributed by atoms with van der Waals surface area (Å²) in [4.78, 5) is 25.9. The van der Waals surface area contributed by atoms with E-state index < -0.39 is 29.0 Å². The van der Waals surface area contributed by atoms with Crippen molar-refractivity contribution in [1.82, 2.24) is 0 Å². The van der Waals surface area contributed by atoms with Crippen LogP contribution in [0.2, 0.25) is 0 Å². The zero-order valence-corrected chi connectivity index (χ0v) is 22.8. The number of aliphatic hydroxyl groups is 2. The Morgan fingerprint density at radius 3 is 2.17 bits per heavy atom. The predicted octanol–water partition coefficient (Wildman–Crippen LogP) is 5.38. The topological polar surface area (TPSA) is 94.8 Å². The number of aliphatic carboxylic acids is 1. The number of carboxylic acids is 1. The maximum Gasteiger partial charge on any atom is 0.310 e. The molecule has 0 unspecified atom stereocenters. The summed E-state index contributed by atoms with van der Waals surface area (Å²) in [6.45, 7) is 15.3. The molecule has 196 valence electrons. The molecule has 5 heteroatoms. The van der Waals surface area contributed by atoms with Gasteiger partial charge in [0.2, 0.25) is 0 Å². The summed E-state index contributed by atoms with van der Waals surface area (Å²) < 4.78 is 0. The molecule has 35 heavy (non-hydrogen) atoms. The highest BCUT2D eigenvalue weighted by atomic mass is 16.4.